The fourth-order valence-corrected chi connectivity index (χ4v) is 4.94. The van der Waals surface area contributed by atoms with Gasteiger partial charge in [0.1, 0.15) is 0 Å². The van der Waals surface area contributed by atoms with Crippen molar-refractivity contribution >= 4 is 58.3 Å². The van der Waals surface area contributed by atoms with E-state index in [1.54, 1.807) is 0 Å². The first-order chi connectivity index (χ1) is 17.4. The summed E-state index contributed by atoms with van der Waals surface area (Å²) in [5.74, 6) is 0. The van der Waals surface area contributed by atoms with Crippen molar-refractivity contribution in [2.75, 3.05) is 26.2 Å². The minimum atomic E-state index is 0. The molecule has 0 N–H and O–H groups in total. The van der Waals surface area contributed by atoms with Crippen LogP contribution in [-0.4, -0.2) is 44.6 Å². The third-order valence-electron chi connectivity index (χ3n) is 6.64. The molecule has 0 spiro atoms. The molecule has 0 saturated carbocycles. The maximum Gasteiger partial charge on any atom is 2.00 e. The van der Waals surface area contributed by atoms with Crippen LogP contribution in [0.2, 0.25) is 0 Å². The Labute approximate surface area is 268 Å². The molecule has 0 unspecified atom stereocenters. The summed E-state index contributed by atoms with van der Waals surface area (Å²) < 4.78 is 1.34. The van der Waals surface area contributed by atoms with E-state index in [0.717, 1.165) is 26.2 Å². The van der Waals surface area contributed by atoms with Crippen LogP contribution in [-0.2, 0) is 44.7 Å². The van der Waals surface area contributed by atoms with Gasteiger partial charge in [-0.15, -0.1) is 0 Å². The fraction of sp³-hybridized carbons (Fsp3) is 0.933. The van der Waals surface area contributed by atoms with E-state index in [2.05, 4.69) is 37.5 Å². The van der Waals surface area contributed by atoms with Gasteiger partial charge in [0.2, 0.25) is 0 Å². The molecule has 0 fully saturated rings. The standard InChI is InChI=1S/2C15H31NS2.Zn/c2*1-3-5-7-9-11-13-16(15(17)18)14-12-10-8-6-4-2;/h2*3-14H2,1-2H3,(H,17,18);/q;;+2/p-2. The average Bonchev–Trinajstić information content (AvgIpc) is 2.85. The van der Waals surface area contributed by atoms with Crippen molar-refractivity contribution < 1.29 is 19.5 Å². The van der Waals surface area contributed by atoms with Gasteiger partial charge in [0.15, 0.2) is 0 Å². The summed E-state index contributed by atoms with van der Waals surface area (Å²) in [5.41, 5.74) is 0. The molecule has 0 heterocycles. The van der Waals surface area contributed by atoms with Crippen molar-refractivity contribution in [1.29, 1.82) is 0 Å². The maximum absolute atomic E-state index is 5.16. The molecule has 216 valence electrons. The number of nitrogens with zero attached hydrogens (tertiary/aromatic N) is 2. The summed E-state index contributed by atoms with van der Waals surface area (Å²) in [6, 6.07) is 0. The first-order valence-electron chi connectivity index (χ1n) is 15.4. The Balaban J connectivity index is -0.000000608. The third kappa shape index (κ3) is 33.0. The molecule has 0 aromatic rings. The van der Waals surface area contributed by atoms with E-state index in [9.17, 15) is 0 Å². The predicted molar refractivity (Wildman–Crippen MR) is 178 cm³/mol. The first-order valence-corrected chi connectivity index (χ1v) is 17.0. The van der Waals surface area contributed by atoms with Gasteiger partial charge < -0.3 is 59.5 Å². The summed E-state index contributed by atoms with van der Waals surface area (Å²) in [6.45, 7) is 13.3. The first kappa shape index (κ1) is 42.3. The Hall–Kier alpha value is 0.843. The van der Waals surface area contributed by atoms with Crippen LogP contribution >= 0.6 is 24.4 Å². The van der Waals surface area contributed by atoms with Crippen molar-refractivity contribution in [2.24, 2.45) is 0 Å². The molecular weight excluding hydrogens is 582 g/mol. The minimum absolute atomic E-state index is 0. The van der Waals surface area contributed by atoms with Crippen LogP contribution in [0, 0.1) is 0 Å². The molecule has 0 aliphatic rings. The van der Waals surface area contributed by atoms with Gasteiger partial charge in [-0.1, -0.05) is 139 Å². The zero-order valence-corrected chi connectivity index (χ0v) is 31.4. The van der Waals surface area contributed by atoms with E-state index < -0.39 is 0 Å². The Morgan fingerprint density at radius 1 is 0.405 bits per heavy atom. The molecule has 0 aromatic heterocycles. The molecule has 0 amide bonds. The second kappa shape index (κ2) is 34.9. The topological polar surface area (TPSA) is 6.48 Å². The van der Waals surface area contributed by atoms with Gasteiger partial charge in [0, 0.05) is 26.2 Å². The minimum Gasteiger partial charge on any atom is -0.411 e. The van der Waals surface area contributed by atoms with Crippen LogP contribution in [0.1, 0.15) is 156 Å². The van der Waals surface area contributed by atoms with Crippen LogP contribution in [0.25, 0.3) is 0 Å². The monoisotopic (exact) mass is 640 g/mol. The molecule has 0 rings (SSSR count). The number of hydrogen-bond donors (Lipinski definition) is 0. The molecule has 0 aliphatic heterocycles. The number of thiocarbonyl (C=S) groups is 2. The molecule has 7 heteroatoms. The van der Waals surface area contributed by atoms with Gasteiger partial charge in [-0.05, 0) is 25.7 Å². The van der Waals surface area contributed by atoms with Crippen molar-refractivity contribution in [1.82, 2.24) is 9.80 Å². The molecular formula is C30H60N2S4Zn. The molecule has 0 atom stereocenters. The zero-order chi connectivity index (χ0) is 27.3. The smallest absolute Gasteiger partial charge is 0.411 e. The van der Waals surface area contributed by atoms with Crippen LogP contribution < -0.4 is 0 Å². The van der Waals surface area contributed by atoms with E-state index in [1.807, 2.05) is 0 Å². The second-order valence-corrected chi connectivity index (χ2v) is 12.2. The second-order valence-electron chi connectivity index (χ2n) is 10.2. The van der Waals surface area contributed by atoms with E-state index in [0.29, 0.717) is 8.64 Å². The Morgan fingerprint density at radius 3 is 0.757 bits per heavy atom. The summed E-state index contributed by atoms with van der Waals surface area (Å²) in [4.78, 5) is 4.45. The Bertz CT molecular complexity index is 410. The Kier molecular flexibility index (Phi) is 39.9. The maximum atomic E-state index is 5.16. The van der Waals surface area contributed by atoms with Crippen LogP contribution in [0.5, 0.6) is 0 Å². The molecule has 2 nitrogen and oxygen atoms in total. The number of hydrogen-bond acceptors (Lipinski definition) is 4. The molecule has 0 bridgehead atoms. The van der Waals surface area contributed by atoms with E-state index in [4.69, 9.17) is 49.7 Å². The summed E-state index contributed by atoms with van der Waals surface area (Å²) >= 11 is 20.6. The van der Waals surface area contributed by atoms with Gasteiger partial charge in [-0.2, -0.15) is 0 Å². The largest absolute Gasteiger partial charge is 2.00 e. The summed E-state index contributed by atoms with van der Waals surface area (Å²) in [7, 11) is 0. The van der Waals surface area contributed by atoms with Crippen LogP contribution in [0.4, 0.5) is 0 Å². The third-order valence-corrected chi connectivity index (χ3v) is 7.68. The van der Waals surface area contributed by atoms with E-state index >= 15 is 0 Å². The van der Waals surface area contributed by atoms with Gasteiger partial charge in [-0.25, -0.2) is 0 Å². The van der Waals surface area contributed by atoms with Crippen LogP contribution in [0.15, 0.2) is 0 Å². The van der Waals surface area contributed by atoms with Gasteiger partial charge in [0.05, 0.1) is 0 Å². The molecule has 0 saturated heterocycles. The normalized spacial score (nSPS) is 10.3. The van der Waals surface area contributed by atoms with Crippen molar-refractivity contribution in [2.45, 2.75) is 156 Å². The quantitative estimate of drug-likeness (QED) is 0.0444. The summed E-state index contributed by atoms with van der Waals surface area (Å²) in [5, 5.41) is 0. The van der Waals surface area contributed by atoms with Crippen molar-refractivity contribution in [3.8, 4) is 0 Å². The molecule has 0 radical (unpaired) electrons. The van der Waals surface area contributed by atoms with Crippen LogP contribution in [0.3, 0.4) is 0 Å². The SMILES string of the molecule is CCCCCCCN(CCCCCCC)C(=S)[S-].CCCCCCCN(CCCCCCC)C(=S)[S-].[Zn+2]. The number of rotatable bonds is 24. The van der Waals surface area contributed by atoms with Crippen molar-refractivity contribution in [3.63, 3.8) is 0 Å². The van der Waals surface area contributed by atoms with Gasteiger partial charge >= 0.3 is 19.5 Å². The fourth-order valence-electron chi connectivity index (χ4n) is 4.21. The number of unbranched alkanes of at least 4 members (excludes halogenated alkanes) is 16. The molecule has 0 aromatic carbocycles. The molecule has 37 heavy (non-hydrogen) atoms. The summed E-state index contributed by atoms with van der Waals surface area (Å²) in [6.07, 6.45) is 26.3. The van der Waals surface area contributed by atoms with Gasteiger partial charge in [-0.3, -0.25) is 0 Å². The van der Waals surface area contributed by atoms with E-state index in [-0.39, 0.29) is 19.5 Å². The van der Waals surface area contributed by atoms with Gasteiger partial charge in [0.25, 0.3) is 0 Å². The Morgan fingerprint density at radius 2 is 0.595 bits per heavy atom. The molecule has 0 aliphatic carbocycles. The predicted octanol–water partition coefficient (Wildman–Crippen LogP) is 10.1. The zero-order valence-electron chi connectivity index (χ0n) is 25.2. The van der Waals surface area contributed by atoms with Crippen molar-refractivity contribution in [3.05, 3.63) is 0 Å². The average molecular weight is 642 g/mol. The van der Waals surface area contributed by atoms with E-state index in [1.165, 1.54) is 128 Å².